The second-order valence-electron chi connectivity index (χ2n) is 10.5. The van der Waals surface area contributed by atoms with Gasteiger partial charge in [0.15, 0.2) is 5.78 Å². The average Bonchev–Trinajstić information content (AvgIpc) is 3.20. The number of amides is 1. The highest BCUT2D eigenvalue weighted by molar-refractivity contribution is 6.00. The number of carbonyl (C=O) groups is 2. The fourth-order valence-corrected chi connectivity index (χ4v) is 6.40. The molecule has 1 aliphatic carbocycles. The van der Waals surface area contributed by atoms with Gasteiger partial charge in [-0.05, 0) is 52.3 Å². The van der Waals surface area contributed by atoms with Crippen LogP contribution < -0.4 is 0 Å². The molecule has 0 N–H and O–H groups in total. The summed E-state index contributed by atoms with van der Waals surface area (Å²) in [6, 6.07) is 31.0. The SMILES string of the molecule is CC(=O)c1ccc(-c2c(C3C4C=CCC(C)C4C(=O)N3Cc3ccccc3)ccc3ccccc23)cc1. The van der Waals surface area contributed by atoms with Crippen molar-refractivity contribution >= 4 is 22.5 Å². The first-order valence-corrected chi connectivity index (χ1v) is 13.2. The van der Waals surface area contributed by atoms with Crippen molar-refractivity contribution in [2.45, 2.75) is 32.9 Å². The fraction of sp³-hybridized carbons (Fsp3) is 0.235. The Morgan fingerprint density at radius 3 is 2.38 bits per heavy atom. The molecule has 0 radical (unpaired) electrons. The van der Waals surface area contributed by atoms with Crippen LogP contribution in [0.3, 0.4) is 0 Å². The molecule has 184 valence electrons. The first-order chi connectivity index (χ1) is 18.0. The van der Waals surface area contributed by atoms with Gasteiger partial charge in [0.05, 0.1) is 6.04 Å². The van der Waals surface area contributed by atoms with Gasteiger partial charge in [0.1, 0.15) is 0 Å². The number of ketones is 1. The van der Waals surface area contributed by atoms with Crippen molar-refractivity contribution < 1.29 is 9.59 Å². The highest BCUT2D eigenvalue weighted by Crippen LogP contribution is 2.51. The van der Waals surface area contributed by atoms with E-state index >= 15 is 0 Å². The van der Waals surface area contributed by atoms with Crippen molar-refractivity contribution in [3.8, 4) is 11.1 Å². The topological polar surface area (TPSA) is 37.4 Å². The third-order valence-corrected chi connectivity index (χ3v) is 8.22. The summed E-state index contributed by atoms with van der Waals surface area (Å²) in [4.78, 5) is 28.1. The summed E-state index contributed by atoms with van der Waals surface area (Å²) in [6.07, 6.45) is 5.49. The molecule has 0 saturated carbocycles. The maximum atomic E-state index is 14.0. The van der Waals surface area contributed by atoms with Crippen molar-refractivity contribution in [3.05, 3.63) is 120 Å². The molecule has 0 aromatic heterocycles. The van der Waals surface area contributed by atoms with E-state index in [2.05, 4.69) is 84.6 Å². The van der Waals surface area contributed by atoms with E-state index < -0.39 is 0 Å². The number of allylic oxidation sites excluding steroid dienone is 1. The molecule has 4 unspecified atom stereocenters. The van der Waals surface area contributed by atoms with Crippen LogP contribution in [-0.2, 0) is 11.3 Å². The zero-order valence-electron chi connectivity index (χ0n) is 21.3. The molecule has 1 amide bonds. The summed E-state index contributed by atoms with van der Waals surface area (Å²) in [7, 11) is 0. The molecule has 4 atom stereocenters. The van der Waals surface area contributed by atoms with Crippen LogP contribution >= 0.6 is 0 Å². The summed E-state index contributed by atoms with van der Waals surface area (Å²) in [5, 5.41) is 2.33. The standard InChI is InChI=1S/C34H31NO2/c1-22-9-8-14-29-31(22)34(37)35(21-24-10-4-3-5-11-24)33(29)30-20-19-26-12-6-7-13-28(26)32(30)27-17-15-25(16-18-27)23(2)36/h3-8,10-20,22,29,31,33H,9,21H2,1-2H3. The van der Waals surface area contributed by atoms with Gasteiger partial charge in [0, 0.05) is 23.9 Å². The molecule has 6 rings (SSSR count). The van der Waals surface area contributed by atoms with Crippen LogP contribution in [-0.4, -0.2) is 16.6 Å². The molecule has 0 bridgehead atoms. The van der Waals surface area contributed by atoms with Crippen molar-refractivity contribution in [2.24, 2.45) is 17.8 Å². The van der Waals surface area contributed by atoms with Crippen LogP contribution in [0, 0.1) is 17.8 Å². The summed E-state index contributed by atoms with van der Waals surface area (Å²) in [6.45, 7) is 4.40. The molecule has 1 saturated heterocycles. The van der Waals surface area contributed by atoms with Gasteiger partial charge in [0.2, 0.25) is 5.91 Å². The number of benzene rings is 4. The van der Waals surface area contributed by atoms with Crippen molar-refractivity contribution in [1.82, 2.24) is 4.90 Å². The largest absolute Gasteiger partial charge is 0.330 e. The van der Waals surface area contributed by atoms with Gasteiger partial charge in [-0.2, -0.15) is 0 Å². The normalized spacial score (nSPS) is 22.9. The highest BCUT2D eigenvalue weighted by Gasteiger charge is 2.50. The van der Waals surface area contributed by atoms with E-state index in [0.717, 1.165) is 23.1 Å². The molecule has 2 aliphatic rings. The maximum Gasteiger partial charge on any atom is 0.227 e. The van der Waals surface area contributed by atoms with E-state index in [-0.39, 0.29) is 29.6 Å². The molecular weight excluding hydrogens is 454 g/mol. The molecule has 1 aliphatic heterocycles. The number of likely N-dealkylation sites (tertiary alicyclic amines) is 1. The minimum Gasteiger partial charge on any atom is -0.330 e. The second-order valence-corrected chi connectivity index (χ2v) is 10.5. The Kier molecular flexibility index (Phi) is 6.00. The lowest BCUT2D eigenvalue weighted by Crippen LogP contribution is -2.30. The Labute approximate surface area is 218 Å². The zero-order valence-corrected chi connectivity index (χ0v) is 21.3. The first kappa shape index (κ1) is 23.4. The Morgan fingerprint density at radius 1 is 0.892 bits per heavy atom. The quantitative estimate of drug-likeness (QED) is 0.215. The second kappa shape index (κ2) is 9.48. The lowest BCUT2D eigenvalue weighted by Gasteiger charge is -2.31. The van der Waals surface area contributed by atoms with Gasteiger partial charge in [-0.3, -0.25) is 9.59 Å². The lowest BCUT2D eigenvalue weighted by molar-refractivity contribution is -0.134. The predicted molar refractivity (Wildman–Crippen MR) is 149 cm³/mol. The number of hydrogen-bond donors (Lipinski definition) is 0. The number of fused-ring (bicyclic) bond motifs is 2. The van der Waals surface area contributed by atoms with Gasteiger partial charge >= 0.3 is 0 Å². The molecule has 4 aromatic rings. The third-order valence-electron chi connectivity index (χ3n) is 8.22. The van der Waals surface area contributed by atoms with E-state index in [4.69, 9.17) is 0 Å². The number of Topliss-reactive ketones (excluding diaryl/α,β-unsaturated/α-hetero) is 1. The van der Waals surface area contributed by atoms with E-state index in [0.29, 0.717) is 18.0 Å². The van der Waals surface area contributed by atoms with Gasteiger partial charge < -0.3 is 4.90 Å². The summed E-state index contributed by atoms with van der Waals surface area (Å²) in [5.41, 5.74) is 5.24. The number of rotatable bonds is 5. The van der Waals surface area contributed by atoms with Crippen molar-refractivity contribution in [1.29, 1.82) is 0 Å². The van der Waals surface area contributed by atoms with Gasteiger partial charge in [-0.15, -0.1) is 0 Å². The van der Waals surface area contributed by atoms with Crippen molar-refractivity contribution in [2.75, 3.05) is 0 Å². The van der Waals surface area contributed by atoms with Crippen LogP contribution in [0.2, 0.25) is 0 Å². The fourth-order valence-electron chi connectivity index (χ4n) is 6.40. The van der Waals surface area contributed by atoms with Gasteiger partial charge in [0.25, 0.3) is 0 Å². The molecule has 4 aromatic carbocycles. The van der Waals surface area contributed by atoms with E-state index in [9.17, 15) is 9.59 Å². The molecular formula is C34H31NO2. The van der Waals surface area contributed by atoms with Crippen LogP contribution in [0.25, 0.3) is 21.9 Å². The molecule has 37 heavy (non-hydrogen) atoms. The smallest absolute Gasteiger partial charge is 0.227 e. The first-order valence-electron chi connectivity index (χ1n) is 13.2. The lowest BCUT2D eigenvalue weighted by atomic mass is 9.74. The van der Waals surface area contributed by atoms with Gasteiger partial charge in [-0.1, -0.05) is 110 Å². The molecule has 3 heteroatoms. The van der Waals surface area contributed by atoms with Crippen LogP contribution in [0.4, 0.5) is 0 Å². The number of hydrogen-bond acceptors (Lipinski definition) is 2. The van der Waals surface area contributed by atoms with E-state index in [1.54, 1.807) is 6.92 Å². The van der Waals surface area contributed by atoms with Gasteiger partial charge in [-0.25, -0.2) is 0 Å². The summed E-state index contributed by atoms with van der Waals surface area (Å²) < 4.78 is 0. The number of carbonyl (C=O) groups excluding carboxylic acids is 2. The van der Waals surface area contributed by atoms with Crippen LogP contribution in [0.1, 0.15) is 47.8 Å². The maximum absolute atomic E-state index is 14.0. The average molecular weight is 486 g/mol. The predicted octanol–water partition coefficient (Wildman–Crippen LogP) is 7.62. The minimum absolute atomic E-state index is 0.0156. The summed E-state index contributed by atoms with van der Waals surface area (Å²) >= 11 is 0. The highest BCUT2D eigenvalue weighted by atomic mass is 16.2. The Bertz CT molecular complexity index is 1500. The molecule has 1 fully saturated rings. The Balaban J connectivity index is 1.56. The monoisotopic (exact) mass is 485 g/mol. The third kappa shape index (κ3) is 4.09. The summed E-state index contributed by atoms with van der Waals surface area (Å²) in [5.74, 6) is 0.727. The minimum atomic E-state index is -0.0659. The molecule has 0 spiro atoms. The molecule has 3 nitrogen and oxygen atoms in total. The number of nitrogens with zero attached hydrogens (tertiary/aromatic N) is 1. The van der Waals surface area contributed by atoms with E-state index in [1.165, 1.54) is 16.3 Å². The van der Waals surface area contributed by atoms with Crippen LogP contribution in [0.15, 0.2) is 103 Å². The van der Waals surface area contributed by atoms with Crippen LogP contribution in [0.5, 0.6) is 0 Å². The Morgan fingerprint density at radius 2 is 1.62 bits per heavy atom. The molecule has 1 heterocycles. The zero-order chi connectivity index (χ0) is 25.5. The van der Waals surface area contributed by atoms with Crippen molar-refractivity contribution in [3.63, 3.8) is 0 Å². The Hall–Kier alpha value is -3.98. The van der Waals surface area contributed by atoms with E-state index in [1.807, 2.05) is 30.3 Å².